The highest BCUT2D eigenvalue weighted by molar-refractivity contribution is 5.61. The van der Waals surface area contributed by atoms with Crippen molar-refractivity contribution in [1.82, 2.24) is 5.32 Å². The largest absolute Gasteiger partial charge is 0.489 e. The van der Waals surface area contributed by atoms with Crippen LogP contribution in [-0.4, -0.2) is 19.7 Å². The monoisotopic (exact) mass is 248 g/mol. The van der Waals surface area contributed by atoms with E-state index in [0.29, 0.717) is 5.41 Å². The van der Waals surface area contributed by atoms with Gasteiger partial charge in [0.25, 0.3) is 0 Å². The predicted octanol–water partition coefficient (Wildman–Crippen LogP) is 3.02. The SMILES string of the molecule is CCC(C)(C)CNCc1cccc2c1OCCN2. The van der Waals surface area contributed by atoms with Crippen LogP contribution in [0.2, 0.25) is 0 Å². The molecule has 0 spiro atoms. The summed E-state index contributed by atoms with van der Waals surface area (Å²) in [5.41, 5.74) is 2.72. The first-order valence-corrected chi connectivity index (χ1v) is 6.82. The lowest BCUT2D eigenvalue weighted by Gasteiger charge is -2.25. The molecule has 1 aliphatic heterocycles. The van der Waals surface area contributed by atoms with E-state index in [1.54, 1.807) is 0 Å². The van der Waals surface area contributed by atoms with Gasteiger partial charge in [-0.1, -0.05) is 32.9 Å². The van der Waals surface area contributed by atoms with Crippen LogP contribution >= 0.6 is 0 Å². The molecule has 1 aromatic carbocycles. The maximum Gasteiger partial charge on any atom is 0.146 e. The van der Waals surface area contributed by atoms with E-state index in [1.807, 2.05) is 0 Å². The molecule has 2 N–H and O–H groups in total. The average Bonchev–Trinajstić information content (AvgIpc) is 2.39. The number of para-hydroxylation sites is 1. The van der Waals surface area contributed by atoms with Gasteiger partial charge >= 0.3 is 0 Å². The molecule has 0 radical (unpaired) electrons. The van der Waals surface area contributed by atoms with Crippen LogP contribution in [0, 0.1) is 5.41 Å². The molecule has 2 rings (SSSR count). The van der Waals surface area contributed by atoms with E-state index in [-0.39, 0.29) is 0 Å². The minimum absolute atomic E-state index is 0.355. The number of nitrogens with one attached hydrogen (secondary N) is 2. The van der Waals surface area contributed by atoms with E-state index >= 15 is 0 Å². The third kappa shape index (κ3) is 3.16. The summed E-state index contributed by atoms with van der Waals surface area (Å²) in [5.74, 6) is 1.02. The van der Waals surface area contributed by atoms with Crippen LogP contribution in [-0.2, 0) is 6.54 Å². The Kier molecular flexibility index (Phi) is 4.12. The van der Waals surface area contributed by atoms with Crippen molar-refractivity contribution in [3.05, 3.63) is 23.8 Å². The van der Waals surface area contributed by atoms with Gasteiger partial charge in [-0.05, 0) is 17.9 Å². The summed E-state index contributed by atoms with van der Waals surface area (Å²) in [7, 11) is 0. The molecule has 0 aromatic heterocycles. The van der Waals surface area contributed by atoms with Crippen LogP contribution in [0.5, 0.6) is 5.75 Å². The summed E-state index contributed by atoms with van der Waals surface area (Å²) in [6.45, 7) is 10.4. The average molecular weight is 248 g/mol. The maximum absolute atomic E-state index is 5.76. The highest BCUT2D eigenvalue weighted by Gasteiger charge is 2.16. The number of rotatable bonds is 5. The predicted molar refractivity (Wildman–Crippen MR) is 76.2 cm³/mol. The van der Waals surface area contributed by atoms with Crippen LogP contribution < -0.4 is 15.4 Å². The van der Waals surface area contributed by atoms with E-state index in [4.69, 9.17) is 4.74 Å². The number of benzene rings is 1. The molecule has 18 heavy (non-hydrogen) atoms. The van der Waals surface area contributed by atoms with Gasteiger partial charge in [-0.25, -0.2) is 0 Å². The third-order valence-corrected chi connectivity index (χ3v) is 3.64. The smallest absolute Gasteiger partial charge is 0.146 e. The van der Waals surface area contributed by atoms with E-state index in [1.165, 1.54) is 12.0 Å². The van der Waals surface area contributed by atoms with Crippen molar-refractivity contribution in [2.45, 2.75) is 33.7 Å². The van der Waals surface area contributed by atoms with Crippen LogP contribution in [0.3, 0.4) is 0 Å². The highest BCUT2D eigenvalue weighted by atomic mass is 16.5. The second kappa shape index (κ2) is 5.61. The molecular formula is C15H24N2O. The van der Waals surface area contributed by atoms with Crippen molar-refractivity contribution in [1.29, 1.82) is 0 Å². The van der Waals surface area contributed by atoms with E-state index in [0.717, 1.165) is 37.7 Å². The maximum atomic E-state index is 5.76. The van der Waals surface area contributed by atoms with Gasteiger partial charge in [-0.3, -0.25) is 0 Å². The van der Waals surface area contributed by atoms with Gasteiger partial charge in [0.05, 0.1) is 5.69 Å². The lowest BCUT2D eigenvalue weighted by molar-refractivity contribution is 0.311. The summed E-state index contributed by atoms with van der Waals surface area (Å²) < 4.78 is 5.76. The normalized spacial score (nSPS) is 14.6. The van der Waals surface area contributed by atoms with Crippen LogP contribution in [0.25, 0.3) is 0 Å². The van der Waals surface area contributed by atoms with Gasteiger partial charge in [0, 0.05) is 25.2 Å². The standard InChI is InChI=1S/C15H24N2O/c1-4-15(2,3)11-16-10-12-6-5-7-13-14(12)18-9-8-17-13/h5-7,16-17H,4,8-11H2,1-3H3. The molecule has 1 aliphatic rings. The zero-order valence-electron chi connectivity index (χ0n) is 11.7. The molecule has 0 saturated heterocycles. The quantitative estimate of drug-likeness (QED) is 0.840. The minimum Gasteiger partial charge on any atom is -0.489 e. The van der Waals surface area contributed by atoms with Gasteiger partial charge in [0.15, 0.2) is 0 Å². The minimum atomic E-state index is 0.355. The topological polar surface area (TPSA) is 33.3 Å². The van der Waals surface area contributed by atoms with Gasteiger partial charge in [-0.2, -0.15) is 0 Å². The van der Waals surface area contributed by atoms with Crippen molar-refractivity contribution in [3.8, 4) is 5.75 Å². The van der Waals surface area contributed by atoms with Gasteiger partial charge in [0.1, 0.15) is 12.4 Å². The van der Waals surface area contributed by atoms with E-state index in [2.05, 4.69) is 49.6 Å². The van der Waals surface area contributed by atoms with Gasteiger partial charge in [0.2, 0.25) is 0 Å². The Morgan fingerprint density at radius 1 is 1.39 bits per heavy atom. The first kappa shape index (κ1) is 13.2. The summed E-state index contributed by atoms with van der Waals surface area (Å²) in [6, 6.07) is 6.30. The lowest BCUT2D eigenvalue weighted by atomic mass is 9.90. The summed E-state index contributed by atoms with van der Waals surface area (Å²) in [4.78, 5) is 0. The molecule has 0 aliphatic carbocycles. The fourth-order valence-electron chi connectivity index (χ4n) is 2.03. The molecule has 3 nitrogen and oxygen atoms in total. The van der Waals surface area contributed by atoms with Gasteiger partial charge in [-0.15, -0.1) is 0 Å². The highest BCUT2D eigenvalue weighted by Crippen LogP contribution is 2.31. The fourth-order valence-corrected chi connectivity index (χ4v) is 2.03. The Morgan fingerprint density at radius 2 is 2.22 bits per heavy atom. The summed E-state index contributed by atoms with van der Waals surface area (Å²) in [6.07, 6.45) is 1.19. The Labute approximate surface area is 110 Å². The van der Waals surface area contributed by atoms with Crippen LogP contribution in [0.4, 0.5) is 5.69 Å². The van der Waals surface area contributed by atoms with Crippen molar-refractivity contribution in [3.63, 3.8) is 0 Å². The van der Waals surface area contributed by atoms with Crippen LogP contribution in [0.15, 0.2) is 18.2 Å². The molecule has 0 saturated carbocycles. The fraction of sp³-hybridized carbons (Fsp3) is 0.600. The molecular weight excluding hydrogens is 224 g/mol. The molecule has 0 unspecified atom stereocenters. The zero-order valence-corrected chi connectivity index (χ0v) is 11.7. The van der Waals surface area contributed by atoms with Gasteiger partial charge < -0.3 is 15.4 Å². The third-order valence-electron chi connectivity index (χ3n) is 3.64. The van der Waals surface area contributed by atoms with Crippen molar-refractivity contribution >= 4 is 5.69 Å². The molecule has 0 atom stereocenters. The second-order valence-electron chi connectivity index (χ2n) is 5.69. The van der Waals surface area contributed by atoms with E-state index in [9.17, 15) is 0 Å². The summed E-state index contributed by atoms with van der Waals surface area (Å²) >= 11 is 0. The molecule has 0 bridgehead atoms. The number of fused-ring (bicyclic) bond motifs is 1. The number of anilines is 1. The molecule has 1 heterocycles. The number of ether oxygens (including phenoxy) is 1. The van der Waals surface area contributed by atoms with Crippen molar-refractivity contribution in [2.75, 3.05) is 25.0 Å². The molecule has 100 valence electrons. The second-order valence-corrected chi connectivity index (χ2v) is 5.69. The summed E-state index contributed by atoms with van der Waals surface area (Å²) in [5, 5.41) is 6.90. The Bertz CT molecular complexity index is 401. The molecule has 0 amide bonds. The van der Waals surface area contributed by atoms with Crippen LogP contribution in [0.1, 0.15) is 32.8 Å². The zero-order chi connectivity index (χ0) is 13.0. The Morgan fingerprint density at radius 3 is 3.00 bits per heavy atom. The Balaban J connectivity index is 1.97. The Hall–Kier alpha value is -1.22. The molecule has 1 aromatic rings. The number of hydrogen-bond donors (Lipinski definition) is 2. The lowest BCUT2D eigenvalue weighted by Crippen LogP contribution is -2.29. The molecule has 0 fully saturated rings. The first-order chi connectivity index (χ1) is 8.62. The first-order valence-electron chi connectivity index (χ1n) is 6.82. The molecule has 3 heteroatoms. The van der Waals surface area contributed by atoms with Crippen molar-refractivity contribution < 1.29 is 4.74 Å². The van der Waals surface area contributed by atoms with E-state index < -0.39 is 0 Å². The van der Waals surface area contributed by atoms with Crippen molar-refractivity contribution in [2.24, 2.45) is 5.41 Å². The number of hydrogen-bond acceptors (Lipinski definition) is 3.